The Labute approximate surface area is 490 Å². The fourth-order valence-corrected chi connectivity index (χ4v) is 13.1. The van der Waals surface area contributed by atoms with Crippen molar-refractivity contribution < 1.29 is 15.3 Å². The van der Waals surface area contributed by atoms with Gasteiger partial charge in [0.15, 0.2) is 0 Å². The number of rotatable bonds is 12. The lowest BCUT2D eigenvalue weighted by molar-refractivity contribution is 0.221. The van der Waals surface area contributed by atoms with E-state index in [9.17, 15) is 15.3 Å². The monoisotopic (exact) mass is 1110 g/mol. The van der Waals surface area contributed by atoms with Crippen molar-refractivity contribution in [2.24, 2.45) is 5.73 Å². The van der Waals surface area contributed by atoms with Crippen LogP contribution < -0.4 is 5.73 Å². The quantitative estimate of drug-likeness (QED) is 0.0954. The fourth-order valence-electron chi connectivity index (χ4n) is 13.1. The van der Waals surface area contributed by atoms with Gasteiger partial charge in [-0.05, 0) is 136 Å². The van der Waals surface area contributed by atoms with Crippen LogP contribution in [0, 0.1) is 13.8 Å². The molecular formula is C72H76N4O3S2. The summed E-state index contributed by atoms with van der Waals surface area (Å²) in [5, 5.41) is 34.9. The Kier molecular flexibility index (Phi) is 17.6. The molecule has 81 heavy (non-hydrogen) atoms. The molecule has 7 nitrogen and oxygen atoms in total. The van der Waals surface area contributed by atoms with Gasteiger partial charge in [0.25, 0.3) is 0 Å². The van der Waals surface area contributed by atoms with Crippen molar-refractivity contribution in [3.8, 4) is 50.6 Å². The van der Waals surface area contributed by atoms with Crippen LogP contribution in [0.1, 0.15) is 93.1 Å². The van der Waals surface area contributed by atoms with Crippen LogP contribution in [0.15, 0.2) is 194 Å². The molecule has 0 bridgehead atoms. The number of fused-ring (bicyclic) bond motifs is 9. The van der Waals surface area contributed by atoms with Gasteiger partial charge in [0.05, 0.1) is 0 Å². The van der Waals surface area contributed by atoms with Crippen LogP contribution in [0.25, 0.3) is 33.4 Å². The molecule has 9 aromatic rings. The van der Waals surface area contributed by atoms with Crippen LogP contribution >= 0.6 is 0 Å². The predicted octanol–water partition coefficient (Wildman–Crippen LogP) is 14.2. The molecule has 0 unspecified atom stereocenters. The second-order valence-corrected chi connectivity index (χ2v) is 22.9. The number of aromatic hydroxyl groups is 3. The van der Waals surface area contributed by atoms with Crippen LogP contribution in [0.3, 0.4) is 0 Å². The third-order valence-electron chi connectivity index (χ3n) is 17.1. The summed E-state index contributed by atoms with van der Waals surface area (Å²) in [7, 11) is 8.19. The van der Waals surface area contributed by atoms with Gasteiger partial charge in [0.1, 0.15) is 17.2 Å². The molecule has 3 aliphatic carbocycles. The molecule has 0 saturated heterocycles. The second-order valence-electron chi connectivity index (χ2n) is 22.9. The number of nitrogens with zero attached hydrogens (tertiary/aromatic N) is 3. The second kappa shape index (κ2) is 24.4. The van der Waals surface area contributed by atoms with E-state index < -0.39 is 10.8 Å². The predicted molar refractivity (Wildman–Crippen MR) is 341 cm³/mol. The lowest BCUT2D eigenvalue weighted by Gasteiger charge is -2.32. The third kappa shape index (κ3) is 10.8. The fraction of sp³-hybridized carbons (Fsp3) is 0.250. The highest BCUT2D eigenvalue weighted by atomic mass is 32.8. The van der Waals surface area contributed by atoms with Crippen molar-refractivity contribution >= 4 is 22.4 Å². The summed E-state index contributed by atoms with van der Waals surface area (Å²) in [6.07, 6.45) is 0. The van der Waals surface area contributed by atoms with E-state index in [2.05, 4.69) is 262 Å². The van der Waals surface area contributed by atoms with Crippen LogP contribution in [-0.4, -0.2) is 84.4 Å². The van der Waals surface area contributed by atoms with Gasteiger partial charge >= 0.3 is 0 Å². The zero-order valence-corrected chi connectivity index (χ0v) is 49.9. The van der Waals surface area contributed by atoms with Gasteiger partial charge in [-0.2, -0.15) is 0 Å². The standard InChI is InChI=1S/C47H46N2O2.C21H18O.C4H12N2.S2/c1-31-27-33(45(51)43(28-31)47(3)40-22-12-8-18-36(40)37-19-9-13-23-41(37)47)30-49(26-25-48(4)5)29-32-15-14-24-42(44(32)50)46(2)38-20-10-6-16-34(38)35-17-7-11-21-39(35)46;1-14-11-12-20(22)19(13-14)21(2)17-9-5-3-7-15(17)16-8-4-6-10-18(16)21;1-6(2)4-3-5;1-2/h6-24,27-28,50-51H,25-26,29-30H2,1-5H3;3-13,22H,1-2H3;3-5H2,1-2H3;. The summed E-state index contributed by atoms with van der Waals surface area (Å²) in [5.74, 6) is 1.04. The van der Waals surface area contributed by atoms with E-state index in [1.165, 1.54) is 66.8 Å². The molecule has 0 aliphatic heterocycles. The average molecular weight is 1110 g/mol. The zero-order valence-electron chi connectivity index (χ0n) is 48.3. The molecule has 5 N–H and O–H groups in total. The van der Waals surface area contributed by atoms with Crippen molar-refractivity contribution in [1.82, 2.24) is 14.7 Å². The Bertz CT molecular complexity index is 3580. The molecule has 3 aliphatic rings. The van der Waals surface area contributed by atoms with E-state index in [0.29, 0.717) is 30.3 Å². The molecule has 0 amide bonds. The third-order valence-corrected chi connectivity index (χ3v) is 17.1. The molecular weight excluding hydrogens is 1030 g/mol. The summed E-state index contributed by atoms with van der Waals surface area (Å²) in [5.41, 5.74) is 25.6. The average Bonchev–Trinajstić information content (AvgIpc) is 2.45. The topological polar surface area (TPSA) is 96.4 Å². The van der Waals surface area contributed by atoms with Gasteiger partial charge in [0, 0.05) is 106 Å². The first-order chi connectivity index (χ1) is 39.0. The number of para-hydroxylation sites is 1. The van der Waals surface area contributed by atoms with Crippen molar-refractivity contribution in [3.05, 3.63) is 266 Å². The lowest BCUT2D eigenvalue weighted by Crippen LogP contribution is -2.32. The van der Waals surface area contributed by atoms with Gasteiger partial charge < -0.3 is 30.9 Å². The summed E-state index contributed by atoms with van der Waals surface area (Å²) in [6, 6.07) is 67.7. The summed E-state index contributed by atoms with van der Waals surface area (Å²) in [4.78, 5) is 6.60. The Morgan fingerprint density at radius 1 is 0.370 bits per heavy atom. The van der Waals surface area contributed by atoms with Crippen LogP contribution in [0.2, 0.25) is 0 Å². The Hall–Kier alpha value is -7.34. The normalized spacial score (nSPS) is 14.0. The molecule has 0 spiro atoms. The minimum Gasteiger partial charge on any atom is -0.508 e. The number of phenols is 3. The molecule has 9 aromatic carbocycles. The van der Waals surface area contributed by atoms with Gasteiger partial charge in [-0.15, -0.1) is 0 Å². The first kappa shape index (κ1) is 58.3. The highest BCUT2D eigenvalue weighted by Gasteiger charge is 2.45. The van der Waals surface area contributed by atoms with Crippen molar-refractivity contribution in [2.45, 2.75) is 64.0 Å². The number of hydrogen-bond acceptors (Lipinski definition) is 9. The number of aryl methyl sites for hydroxylation is 2. The molecule has 0 atom stereocenters. The van der Waals surface area contributed by atoms with Crippen LogP contribution in [0.5, 0.6) is 17.2 Å². The smallest absolute Gasteiger partial charge is 0.124 e. The van der Waals surface area contributed by atoms with Crippen LogP contribution in [0.4, 0.5) is 0 Å². The summed E-state index contributed by atoms with van der Waals surface area (Å²) in [6.45, 7) is 15.3. The maximum Gasteiger partial charge on any atom is 0.124 e. The first-order valence-electron chi connectivity index (χ1n) is 27.9. The maximum absolute atomic E-state index is 12.3. The molecule has 0 heterocycles. The number of phenolic OH excluding ortho intramolecular Hbond substituents is 3. The maximum atomic E-state index is 12.3. The Morgan fingerprint density at radius 2 is 0.716 bits per heavy atom. The van der Waals surface area contributed by atoms with E-state index in [1.54, 1.807) is 6.07 Å². The Balaban J connectivity index is 0.000000217. The number of benzene rings is 9. The van der Waals surface area contributed by atoms with E-state index in [0.717, 1.165) is 65.1 Å². The van der Waals surface area contributed by atoms with Crippen molar-refractivity contribution in [3.63, 3.8) is 0 Å². The molecule has 414 valence electrons. The number of hydrogen-bond donors (Lipinski definition) is 4. The summed E-state index contributed by atoms with van der Waals surface area (Å²) < 4.78 is 0. The number of likely N-dealkylation sites (N-methyl/N-ethyl adjacent to an activating group) is 2. The first-order valence-corrected chi connectivity index (χ1v) is 29.3. The van der Waals surface area contributed by atoms with E-state index >= 15 is 0 Å². The SMILES string of the molecule is CN(C)CCN.Cc1cc(CN(CCN(C)C)Cc2cccc(C3(C)c4ccccc4-c4ccccc43)c2O)c(O)c(C2(C)c3ccccc3-c3ccccc32)c1.Cc1ccc(O)c(C2(C)c3ccccc3-c3ccccc32)c1.S=S. The molecule has 9 heteroatoms. The van der Waals surface area contributed by atoms with Gasteiger partial charge in [-0.25, -0.2) is 0 Å². The highest BCUT2D eigenvalue weighted by molar-refractivity contribution is 8.07. The summed E-state index contributed by atoms with van der Waals surface area (Å²) >= 11 is 7.33. The molecule has 0 radical (unpaired) electrons. The molecule has 12 rings (SSSR count). The van der Waals surface area contributed by atoms with E-state index in [4.69, 9.17) is 5.73 Å². The van der Waals surface area contributed by atoms with Crippen molar-refractivity contribution in [1.29, 1.82) is 0 Å². The molecule has 0 fully saturated rings. The largest absolute Gasteiger partial charge is 0.508 e. The van der Waals surface area contributed by atoms with Gasteiger partial charge in [0.2, 0.25) is 0 Å². The minimum absolute atomic E-state index is 0.316. The minimum atomic E-state index is -0.498. The van der Waals surface area contributed by atoms with E-state index in [1.807, 2.05) is 26.2 Å². The lowest BCUT2D eigenvalue weighted by atomic mass is 9.73. The number of nitrogens with two attached hydrogens (primary N) is 1. The highest BCUT2D eigenvalue weighted by Crippen LogP contribution is 2.57. The van der Waals surface area contributed by atoms with Gasteiger partial charge in [-0.1, -0.05) is 199 Å². The van der Waals surface area contributed by atoms with E-state index in [-0.39, 0.29) is 5.41 Å². The van der Waals surface area contributed by atoms with Crippen LogP contribution in [-0.2, 0) is 51.7 Å². The van der Waals surface area contributed by atoms with Crippen molar-refractivity contribution in [2.75, 3.05) is 54.4 Å². The Morgan fingerprint density at radius 3 is 1.11 bits per heavy atom. The zero-order chi connectivity index (χ0) is 57.8. The van der Waals surface area contributed by atoms with Gasteiger partial charge in [-0.3, -0.25) is 4.90 Å². The molecule has 0 aromatic heterocycles. The molecule has 0 saturated carbocycles.